The van der Waals surface area contributed by atoms with Crippen molar-refractivity contribution < 1.29 is 17.9 Å². The minimum Gasteiger partial charge on any atom is -0.379 e. The van der Waals surface area contributed by atoms with Crippen LogP contribution in [-0.2, 0) is 10.9 Å². The standard InChI is InChI=1S/C13H13F3N2O/c1-18(11-4-5-19-8-11)12-3-2-10(13(14,15)16)6-9(12)7-17/h2-3,6,11H,4-5,8H2,1H3. The topological polar surface area (TPSA) is 36.3 Å². The van der Waals surface area contributed by atoms with E-state index in [1.54, 1.807) is 7.05 Å². The normalized spacial score (nSPS) is 19.2. The van der Waals surface area contributed by atoms with Crippen LogP contribution in [0.4, 0.5) is 18.9 Å². The van der Waals surface area contributed by atoms with Gasteiger partial charge in [-0.15, -0.1) is 0 Å². The van der Waals surface area contributed by atoms with E-state index in [0.29, 0.717) is 18.9 Å². The molecular weight excluding hydrogens is 257 g/mol. The van der Waals surface area contributed by atoms with Gasteiger partial charge in [0.1, 0.15) is 6.07 Å². The number of anilines is 1. The van der Waals surface area contributed by atoms with Crippen molar-refractivity contribution in [1.29, 1.82) is 5.26 Å². The van der Waals surface area contributed by atoms with Gasteiger partial charge in [0.15, 0.2) is 0 Å². The van der Waals surface area contributed by atoms with Crippen molar-refractivity contribution in [1.82, 2.24) is 0 Å². The Bertz CT molecular complexity index is 502. The number of nitriles is 1. The second kappa shape index (κ2) is 5.10. The summed E-state index contributed by atoms with van der Waals surface area (Å²) in [5.41, 5.74) is -0.265. The molecule has 1 aromatic carbocycles. The molecule has 0 spiro atoms. The predicted molar refractivity (Wildman–Crippen MR) is 63.8 cm³/mol. The quantitative estimate of drug-likeness (QED) is 0.829. The number of halogens is 3. The zero-order valence-electron chi connectivity index (χ0n) is 10.4. The van der Waals surface area contributed by atoms with Crippen LogP contribution in [0.15, 0.2) is 18.2 Å². The second-order valence-corrected chi connectivity index (χ2v) is 4.47. The maximum Gasteiger partial charge on any atom is 0.416 e. The molecule has 1 fully saturated rings. The number of hydrogen-bond acceptors (Lipinski definition) is 3. The highest BCUT2D eigenvalue weighted by Crippen LogP contribution is 2.33. The van der Waals surface area contributed by atoms with Gasteiger partial charge in [-0.3, -0.25) is 0 Å². The van der Waals surface area contributed by atoms with E-state index in [9.17, 15) is 13.2 Å². The van der Waals surface area contributed by atoms with Gasteiger partial charge in [-0.2, -0.15) is 18.4 Å². The van der Waals surface area contributed by atoms with Gasteiger partial charge in [0.25, 0.3) is 0 Å². The van der Waals surface area contributed by atoms with E-state index in [2.05, 4.69) is 0 Å². The third kappa shape index (κ3) is 2.82. The van der Waals surface area contributed by atoms with Gasteiger partial charge in [-0.1, -0.05) is 0 Å². The lowest BCUT2D eigenvalue weighted by atomic mass is 10.1. The summed E-state index contributed by atoms with van der Waals surface area (Å²) in [5, 5.41) is 9.03. The zero-order chi connectivity index (χ0) is 14.0. The van der Waals surface area contributed by atoms with Gasteiger partial charge in [0.2, 0.25) is 0 Å². The van der Waals surface area contributed by atoms with Crippen LogP contribution in [0.2, 0.25) is 0 Å². The molecule has 1 aromatic rings. The molecule has 3 nitrogen and oxygen atoms in total. The van der Waals surface area contributed by atoms with Crippen molar-refractivity contribution in [3.05, 3.63) is 29.3 Å². The Morgan fingerprint density at radius 2 is 2.16 bits per heavy atom. The predicted octanol–water partition coefficient (Wildman–Crippen LogP) is 2.80. The number of benzene rings is 1. The van der Waals surface area contributed by atoms with Crippen LogP contribution in [0, 0.1) is 11.3 Å². The number of hydrogen-bond donors (Lipinski definition) is 0. The van der Waals surface area contributed by atoms with Crippen molar-refractivity contribution in [3.8, 4) is 6.07 Å². The summed E-state index contributed by atoms with van der Waals surface area (Å²) in [4.78, 5) is 1.81. The molecule has 0 saturated carbocycles. The van der Waals surface area contributed by atoms with E-state index < -0.39 is 11.7 Å². The highest BCUT2D eigenvalue weighted by atomic mass is 19.4. The average molecular weight is 270 g/mol. The van der Waals surface area contributed by atoms with E-state index in [0.717, 1.165) is 18.6 Å². The summed E-state index contributed by atoms with van der Waals surface area (Å²) in [6.45, 7) is 1.17. The van der Waals surface area contributed by atoms with Gasteiger partial charge in [-0.05, 0) is 24.6 Å². The van der Waals surface area contributed by atoms with Gasteiger partial charge >= 0.3 is 6.18 Å². The third-order valence-corrected chi connectivity index (χ3v) is 3.28. The molecule has 19 heavy (non-hydrogen) atoms. The van der Waals surface area contributed by atoms with Gasteiger partial charge in [0, 0.05) is 13.7 Å². The maximum absolute atomic E-state index is 12.6. The summed E-state index contributed by atoms with van der Waals surface area (Å²) in [7, 11) is 1.77. The number of ether oxygens (including phenoxy) is 1. The van der Waals surface area contributed by atoms with E-state index >= 15 is 0 Å². The first-order valence-corrected chi connectivity index (χ1v) is 5.85. The van der Waals surface area contributed by atoms with E-state index in [4.69, 9.17) is 10.00 Å². The van der Waals surface area contributed by atoms with Crippen LogP contribution in [0.25, 0.3) is 0 Å². The molecule has 102 valence electrons. The monoisotopic (exact) mass is 270 g/mol. The molecule has 1 saturated heterocycles. The first-order chi connectivity index (χ1) is 8.93. The first-order valence-electron chi connectivity index (χ1n) is 5.85. The van der Waals surface area contributed by atoms with Crippen molar-refractivity contribution in [3.63, 3.8) is 0 Å². The van der Waals surface area contributed by atoms with Gasteiger partial charge in [-0.25, -0.2) is 0 Å². The fourth-order valence-electron chi connectivity index (χ4n) is 2.13. The molecule has 1 unspecified atom stereocenters. The van der Waals surface area contributed by atoms with Crippen molar-refractivity contribution in [2.75, 3.05) is 25.2 Å². The highest BCUT2D eigenvalue weighted by molar-refractivity contribution is 5.61. The van der Waals surface area contributed by atoms with Crippen LogP contribution in [0.1, 0.15) is 17.5 Å². The molecule has 1 atom stereocenters. The SMILES string of the molecule is CN(c1ccc(C(F)(F)F)cc1C#N)C1CCOC1. The largest absolute Gasteiger partial charge is 0.416 e. The average Bonchev–Trinajstić information content (AvgIpc) is 2.90. The lowest BCUT2D eigenvalue weighted by Gasteiger charge is -2.26. The number of likely N-dealkylation sites (N-methyl/N-ethyl adjacent to an activating group) is 1. The number of alkyl halides is 3. The Morgan fingerprint density at radius 1 is 1.42 bits per heavy atom. The van der Waals surface area contributed by atoms with Crippen LogP contribution in [0.5, 0.6) is 0 Å². The summed E-state index contributed by atoms with van der Waals surface area (Å²) in [6, 6.07) is 5.17. The van der Waals surface area contributed by atoms with E-state index in [1.165, 1.54) is 6.07 Å². The molecule has 6 heteroatoms. The van der Waals surface area contributed by atoms with Crippen LogP contribution >= 0.6 is 0 Å². The second-order valence-electron chi connectivity index (χ2n) is 4.47. The molecule has 1 aliphatic rings. The van der Waals surface area contributed by atoms with Gasteiger partial charge < -0.3 is 9.64 Å². The first kappa shape index (κ1) is 13.7. The molecule has 0 aliphatic carbocycles. The lowest BCUT2D eigenvalue weighted by Crippen LogP contribution is -2.32. The van der Waals surface area contributed by atoms with Crippen molar-refractivity contribution in [2.45, 2.75) is 18.6 Å². The maximum atomic E-state index is 12.6. The Hall–Kier alpha value is -1.74. The molecule has 0 aromatic heterocycles. The molecule has 0 radical (unpaired) electrons. The Balaban J connectivity index is 2.33. The molecule has 2 rings (SSSR count). The van der Waals surface area contributed by atoms with Crippen molar-refractivity contribution in [2.24, 2.45) is 0 Å². The number of nitrogens with zero attached hydrogens (tertiary/aromatic N) is 2. The van der Waals surface area contributed by atoms with Crippen LogP contribution < -0.4 is 4.90 Å². The Morgan fingerprint density at radius 3 is 2.68 bits per heavy atom. The summed E-state index contributed by atoms with van der Waals surface area (Å²) >= 11 is 0. The third-order valence-electron chi connectivity index (χ3n) is 3.28. The minimum atomic E-state index is -4.43. The number of rotatable bonds is 2. The molecule has 0 N–H and O–H groups in total. The van der Waals surface area contributed by atoms with Crippen LogP contribution in [0.3, 0.4) is 0 Å². The summed E-state index contributed by atoms with van der Waals surface area (Å²) < 4.78 is 43.0. The van der Waals surface area contributed by atoms with Crippen LogP contribution in [-0.4, -0.2) is 26.3 Å². The fourth-order valence-corrected chi connectivity index (χ4v) is 2.13. The van der Waals surface area contributed by atoms with E-state index in [1.807, 2.05) is 11.0 Å². The zero-order valence-corrected chi connectivity index (χ0v) is 10.4. The molecule has 0 amide bonds. The Labute approximate surface area is 109 Å². The summed E-state index contributed by atoms with van der Waals surface area (Å²) in [5.74, 6) is 0. The highest BCUT2D eigenvalue weighted by Gasteiger charge is 2.32. The molecule has 0 bridgehead atoms. The Kier molecular flexibility index (Phi) is 3.67. The minimum absolute atomic E-state index is 0.0317. The van der Waals surface area contributed by atoms with Crippen molar-refractivity contribution >= 4 is 5.69 Å². The van der Waals surface area contributed by atoms with E-state index in [-0.39, 0.29) is 11.6 Å². The molecule has 1 aliphatic heterocycles. The lowest BCUT2D eigenvalue weighted by molar-refractivity contribution is -0.137. The molecular formula is C13H13F3N2O. The molecule has 1 heterocycles. The fraction of sp³-hybridized carbons (Fsp3) is 0.462. The smallest absolute Gasteiger partial charge is 0.379 e. The van der Waals surface area contributed by atoms with Gasteiger partial charge in [0.05, 0.1) is 29.5 Å². The summed E-state index contributed by atoms with van der Waals surface area (Å²) in [6.07, 6.45) is -3.62.